The van der Waals surface area contributed by atoms with Crippen molar-refractivity contribution in [1.29, 1.82) is 0 Å². The Morgan fingerprint density at radius 2 is 2.15 bits per heavy atom. The van der Waals surface area contributed by atoms with Crippen molar-refractivity contribution in [3.05, 3.63) is 59.8 Å². The van der Waals surface area contributed by atoms with E-state index >= 15 is 0 Å². The number of benzene rings is 1. The van der Waals surface area contributed by atoms with Crippen LogP contribution >= 0.6 is 0 Å². The molecule has 2 aromatic heterocycles. The Kier molecular flexibility index (Phi) is 5.14. The third-order valence-electron chi connectivity index (χ3n) is 4.86. The average molecular weight is 365 g/mol. The van der Waals surface area contributed by atoms with Crippen LogP contribution in [0.4, 0.5) is 4.39 Å². The minimum atomic E-state index is -0.244. The van der Waals surface area contributed by atoms with E-state index in [2.05, 4.69) is 19.9 Å². The Labute approximate surface area is 157 Å². The number of hydrogen-bond donors (Lipinski definition) is 0. The summed E-state index contributed by atoms with van der Waals surface area (Å²) in [5.74, 6) is 1.11. The van der Waals surface area contributed by atoms with Gasteiger partial charge in [-0.15, -0.1) is 0 Å². The molecule has 6 heteroatoms. The van der Waals surface area contributed by atoms with E-state index in [0.29, 0.717) is 25.2 Å². The molecule has 0 saturated heterocycles. The highest BCUT2D eigenvalue weighted by Gasteiger charge is 2.24. The largest absolute Gasteiger partial charge is 0.311 e. The summed E-state index contributed by atoms with van der Waals surface area (Å²) < 4.78 is 15.3. The number of imidazole rings is 1. The summed E-state index contributed by atoms with van der Waals surface area (Å²) in [4.78, 5) is 21.2. The first-order valence-corrected chi connectivity index (χ1v) is 9.44. The van der Waals surface area contributed by atoms with Crippen LogP contribution in [0.2, 0.25) is 0 Å². The number of pyridine rings is 1. The van der Waals surface area contributed by atoms with Gasteiger partial charge < -0.3 is 4.57 Å². The number of carbonyl (C=O) groups excluding carboxylic acids is 1. The van der Waals surface area contributed by atoms with E-state index in [9.17, 15) is 9.18 Å². The lowest BCUT2D eigenvalue weighted by Gasteiger charge is -2.07. The number of fused-ring (bicyclic) bond motifs is 1. The normalized spacial score (nSPS) is 13.8. The Morgan fingerprint density at radius 3 is 2.96 bits per heavy atom. The molecule has 1 radical (unpaired) electrons. The number of hydrogen-bond acceptors (Lipinski definition) is 3. The third kappa shape index (κ3) is 4.51. The van der Waals surface area contributed by atoms with E-state index in [1.807, 2.05) is 18.2 Å². The highest BCUT2D eigenvalue weighted by atomic mass is 19.1. The van der Waals surface area contributed by atoms with E-state index in [4.69, 9.17) is 0 Å². The highest BCUT2D eigenvalue weighted by Crippen LogP contribution is 2.32. The van der Waals surface area contributed by atoms with E-state index in [0.717, 1.165) is 29.1 Å². The van der Waals surface area contributed by atoms with Gasteiger partial charge in [-0.3, -0.25) is 4.79 Å². The standard InChI is InChI=1S/C21H22FN4O/c22-17-6-1-4-15(12-17)5-2-8-20(27)24-13-19-25-18-7-3-11-23-21(18)26(19)14-16-9-10-16/h1,3-4,6-7,11-12,16H,2,5,8-10,13-14H2. The molecule has 0 bridgehead atoms. The number of amides is 1. The number of rotatable bonds is 8. The van der Waals surface area contributed by atoms with Gasteiger partial charge >= 0.3 is 0 Å². The molecule has 1 saturated carbocycles. The number of aryl methyl sites for hydroxylation is 1. The van der Waals surface area contributed by atoms with Gasteiger partial charge in [0.15, 0.2) is 5.65 Å². The number of nitrogens with zero attached hydrogens (tertiary/aromatic N) is 4. The summed E-state index contributed by atoms with van der Waals surface area (Å²) in [7, 11) is 0. The zero-order valence-corrected chi connectivity index (χ0v) is 15.1. The summed E-state index contributed by atoms with van der Waals surface area (Å²) in [5.41, 5.74) is 2.62. The Balaban J connectivity index is 1.33. The molecule has 3 aromatic rings. The van der Waals surface area contributed by atoms with Crippen LogP contribution in [0.3, 0.4) is 0 Å². The zero-order valence-electron chi connectivity index (χ0n) is 15.1. The molecule has 27 heavy (non-hydrogen) atoms. The van der Waals surface area contributed by atoms with Gasteiger partial charge in [0.2, 0.25) is 5.91 Å². The van der Waals surface area contributed by atoms with Gasteiger partial charge in [-0.2, -0.15) is 0 Å². The summed E-state index contributed by atoms with van der Waals surface area (Å²) in [6, 6.07) is 10.3. The molecule has 1 amide bonds. The smallest absolute Gasteiger partial charge is 0.241 e. The molecule has 1 aliphatic rings. The summed E-state index contributed by atoms with van der Waals surface area (Å²) >= 11 is 0. The monoisotopic (exact) mass is 365 g/mol. The van der Waals surface area contributed by atoms with Crippen molar-refractivity contribution in [3.63, 3.8) is 0 Å². The zero-order chi connectivity index (χ0) is 18.6. The molecular weight excluding hydrogens is 343 g/mol. The van der Waals surface area contributed by atoms with Crippen LogP contribution in [0, 0.1) is 11.7 Å². The number of halogens is 1. The fourth-order valence-corrected chi connectivity index (χ4v) is 3.25. The Hall–Kier alpha value is -2.76. The Morgan fingerprint density at radius 1 is 1.26 bits per heavy atom. The van der Waals surface area contributed by atoms with Gasteiger partial charge in [-0.25, -0.2) is 19.7 Å². The van der Waals surface area contributed by atoms with Crippen molar-refractivity contribution in [2.45, 2.75) is 45.2 Å². The third-order valence-corrected chi connectivity index (χ3v) is 4.86. The van der Waals surface area contributed by atoms with Crippen molar-refractivity contribution >= 4 is 17.1 Å². The maximum absolute atomic E-state index is 13.2. The predicted molar refractivity (Wildman–Crippen MR) is 100 cm³/mol. The fourth-order valence-electron chi connectivity index (χ4n) is 3.25. The second kappa shape index (κ2) is 7.86. The van der Waals surface area contributed by atoms with E-state index in [1.165, 1.54) is 25.0 Å². The molecule has 2 heterocycles. The lowest BCUT2D eigenvalue weighted by molar-refractivity contribution is -0.121. The summed E-state index contributed by atoms with van der Waals surface area (Å²) in [6.45, 7) is 1.17. The summed E-state index contributed by atoms with van der Waals surface area (Å²) in [6.07, 6.45) is 5.93. The first kappa shape index (κ1) is 17.6. The van der Waals surface area contributed by atoms with Gasteiger partial charge in [0.25, 0.3) is 0 Å². The van der Waals surface area contributed by atoms with Crippen LogP contribution in [0.1, 0.15) is 37.1 Å². The van der Waals surface area contributed by atoms with E-state index < -0.39 is 0 Å². The second-order valence-electron chi connectivity index (χ2n) is 7.12. The first-order chi connectivity index (χ1) is 13.2. The van der Waals surface area contributed by atoms with Crippen LogP contribution in [0.25, 0.3) is 11.2 Å². The molecule has 0 spiro atoms. The maximum Gasteiger partial charge on any atom is 0.241 e. The second-order valence-corrected chi connectivity index (χ2v) is 7.12. The first-order valence-electron chi connectivity index (χ1n) is 9.44. The van der Waals surface area contributed by atoms with Crippen molar-refractivity contribution in [3.8, 4) is 0 Å². The maximum atomic E-state index is 13.2. The molecule has 0 N–H and O–H groups in total. The van der Waals surface area contributed by atoms with Crippen LogP contribution < -0.4 is 5.32 Å². The summed E-state index contributed by atoms with van der Waals surface area (Å²) in [5, 5.41) is 4.20. The fraction of sp³-hybridized carbons (Fsp3) is 0.381. The molecular formula is C21H22FN4O. The topological polar surface area (TPSA) is 61.9 Å². The molecule has 1 fully saturated rings. The molecule has 0 atom stereocenters. The van der Waals surface area contributed by atoms with Crippen LogP contribution in [0.15, 0.2) is 42.6 Å². The number of carbonyl (C=O) groups is 1. The van der Waals surface area contributed by atoms with Crippen molar-refractivity contribution in [1.82, 2.24) is 19.9 Å². The SMILES string of the molecule is O=C(CCCc1cccc(F)c1)[N]Cc1nc2cccnc2n1CC1CC1. The number of aromatic nitrogens is 3. The predicted octanol–water partition coefficient (Wildman–Crippen LogP) is 3.63. The molecule has 0 unspecified atom stereocenters. The quantitative estimate of drug-likeness (QED) is 0.612. The molecule has 0 aliphatic heterocycles. The van der Waals surface area contributed by atoms with Gasteiger partial charge in [-0.1, -0.05) is 12.1 Å². The van der Waals surface area contributed by atoms with E-state index in [-0.39, 0.29) is 18.3 Å². The van der Waals surface area contributed by atoms with Gasteiger partial charge in [-0.05, 0) is 61.4 Å². The minimum absolute atomic E-state index is 0.135. The van der Waals surface area contributed by atoms with Crippen molar-refractivity contribution in [2.75, 3.05) is 0 Å². The average Bonchev–Trinajstić information content (AvgIpc) is 3.41. The van der Waals surface area contributed by atoms with Crippen LogP contribution in [-0.4, -0.2) is 20.4 Å². The van der Waals surface area contributed by atoms with Gasteiger partial charge in [0, 0.05) is 19.2 Å². The van der Waals surface area contributed by atoms with Crippen LogP contribution in [-0.2, 0) is 24.3 Å². The molecule has 1 aliphatic carbocycles. The highest BCUT2D eigenvalue weighted by molar-refractivity contribution is 5.76. The van der Waals surface area contributed by atoms with Gasteiger partial charge in [0.1, 0.15) is 23.7 Å². The minimum Gasteiger partial charge on any atom is -0.311 e. The van der Waals surface area contributed by atoms with E-state index in [1.54, 1.807) is 12.3 Å². The molecule has 139 valence electrons. The molecule has 5 nitrogen and oxygen atoms in total. The lowest BCUT2D eigenvalue weighted by atomic mass is 10.1. The lowest BCUT2D eigenvalue weighted by Crippen LogP contribution is -2.18. The van der Waals surface area contributed by atoms with Crippen LogP contribution in [0.5, 0.6) is 0 Å². The molecule has 1 aromatic carbocycles. The Bertz CT molecular complexity index is 948. The molecule has 4 rings (SSSR count). The van der Waals surface area contributed by atoms with Crippen molar-refractivity contribution < 1.29 is 9.18 Å². The van der Waals surface area contributed by atoms with Gasteiger partial charge in [0.05, 0.1) is 0 Å². The van der Waals surface area contributed by atoms with Crippen molar-refractivity contribution in [2.24, 2.45) is 5.92 Å².